The van der Waals surface area contributed by atoms with Crippen molar-refractivity contribution in [3.63, 3.8) is 0 Å². The SMILES string of the molecule is CCCCN(Cc1ccc(OC(C)(C)C(=O)O)cc1)c1nc2ccccc2o1. The maximum Gasteiger partial charge on any atom is 0.347 e. The third kappa shape index (κ3) is 4.63. The lowest BCUT2D eigenvalue weighted by Crippen LogP contribution is -2.37. The van der Waals surface area contributed by atoms with Crippen LogP contribution in [-0.4, -0.2) is 28.2 Å². The van der Waals surface area contributed by atoms with Gasteiger partial charge in [0, 0.05) is 13.1 Å². The molecule has 6 nitrogen and oxygen atoms in total. The summed E-state index contributed by atoms with van der Waals surface area (Å²) in [7, 11) is 0. The molecule has 1 heterocycles. The van der Waals surface area contributed by atoms with Gasteiger partial charge in [0.25, 0.3) is 6.01 Å². The van der Waals surface area contributed by atoms with E-state index >= 15 is 0 Å². The van der Waals surface area contributed by atoms with E-state index in [2.05, 4.69) is 16.8 Å². The van der Waals surface area contributed by atoms with Crippen molar-refractivity contribution < 1.29 is 19.1 Å². The van der Waals surface area contributed by atoms with E-state index in [4.69, 9.17) is 9.15 Å². The third-order valence-electron chi connectivity index (χ3n) is 4.52. The molecule has 0 atom stereocenters. The molecule has 0 saturated carbocycles. The Hall–Kier alpha value is -3.02. The van der Waals surface area contributed by atoms with Gasteiger partial charge >= 0.3 is 5.97 Å². The monoisotopic (exact) mass is 382 g/mol. The summed E-state index contributed by atoms with van der Waals surface area (Å²) < 4.78 is 11.5. The number of anilines is 1. The van der Waals surface area contributed by atoms with Crippen molar-refractivity contribution in [1.82, 2.24) is 4.98 Å². The van der Waals surface area contributed by atoms with Crippen LogP contribution in [0.25, 0.3) is 11.1 Å². The van der Waals surface area contributed by atoms with E-state index < -0.39 is 11.6 Å². The van der Waals surface area contributed by atoms with E-state index in [1.54, 1.807) is 12.1 Å². The van der Waals surface area contributed by atoms with Crippen molar-refractivity contribution in [2.75, 3.05) is 11.4 Å². The molecule has 0 spiro atoms. The lowest BCUT2D eigenvalue weighted by Gasteiger charge is -2.22. The van der Waals surface area contributed by atoms with Crippen LogP contribution in [0, 0.1) is 0 Å². The molecule has 0 aliphatic carbocycles. The fraction of sp³-hybridized carbons (Fsp3) is 0.364. The normalized spacial score (nSPS) is 11.5. The summed E-state index contributed by atoms with van der Waals surface area (Å²) in [6.45, 7) is 6.70. The highest BCUT2D eigenvalue weighted by Crippen LogP contribution is 2.25. The number of unbranched alkanes of at least 4 members (excludes halogenated alkanes) is 1. The molecule has 0 aliphatic rings. The second-order valence-electron chi connectivity index (χ2n) is 7.30. The number of carboxylic acids is 1. The number of benzene rings is 2. The number of ether oxygens (including phenoxy) is 1. The molecule has 0 amide bonds. The molecule has 1 N–H and O–H groups in total. The van der Waals surface area contributed by atoms with Crippen molar-refractivity contribution in [3.8, 4) is 5.75 Å². The van der Waals surface area contributed by atoms with Crippen LogP contribution in [0.5, 0.6) is 5.75 Å². The first-order valence-corrected chi connectivity index (χ1v) is 9.51. The van der Waals surface area contributed by atoms with Gasteiger partial charge < -0.3 is 19.2 Å². The maximum atomic E-state index is 11.2. The van der Waals surface area contributed by atoms with Crippen LogP contribution in [-0.2, 0) is 11.3 Å². The zero-order valence-corrected chi connectivity index (χ0v) is 16.5. The summed E-state index contributed by atoms with van der Waals surface area (Å²) in [5.74, 6) is -0.476. The first kappa shape index (κ1) is 19.7. The minimum Gasteiger partial charge on any atom is -0.478 e. The van der Waals surface area contributed by atoms with Gasteiger partial charge in [-0.3, -0.25) is 0 Å². The van der Waals surface area contributed by atoms with Gasteiger partial charge in [-0.25, -0.2) is 4.79 Å². The topological polar surface area (TPSA) is 75.8 Å². The lowest BCUT2D eigenvalue weighted by atomic mass is 10.1. The number of nitrogens with zero attached hydrogens (tertiary/aromatic N) is 2. The first-order valence-electron chi connectivity index (χ1n) is 9.51. The second-order valence-corrected chi connectivity index (χ2v) is 7.30. The van der Waals surface area contributed by atoms with E-state index in [-0.39, 0.29) is 0 Å². The Labute approximate surface area is 164 Å². The molecular formula is C22H26N2O4. The van der Waals surface area contributed by atoms with Gasteiger partial charge in [0.1, 0.15) is 11.3 Å². The molecule has 1 aromatic heterocycles. The van der Waals surface area contributed by atoms with Gasteiger partial charge in [0.15, 0.2) is 11.2 Å². The van der Waals surface area contributed by atoms with E-state index in [0.717, 1.165) is 36.0 Å². The fourth-order valence-corrected chi connectivity index (χ4v) is 2.81. The van der Waals surface area contributed by atoms with Crippen LogP contribution in [0.4, 0.5) is 6.01 Å². The Kier molecular flexibility index (Phi) is 5.87. The Bertz CT molecular complexity index is 898. The molecular weight excluding hydrogens is 356 g/mol. The molecule has 28 heavy (non-hydrogen) atoms. The number of carbonyl (C=O) groups is 1. The molecule has 6 heteroatoms. The zero-order valence-electron chi connectivity index (χ0n) is 16.5. The summed E-state index contributed by atoms with van der Waals surface area (Å²) in [6.07, 6.45) is 2.11. The van der Waals surface area contributed by atoms with Gasteiger partial charge in [-0.1, -0.05) is 37.6 Å². The number of carboxylic acid groups (broad SMARTS) is 1. The molecule has 0 fully saturated rings. The Morgan fingerprint density at radius 2 is 1.89 bits per heavy atom. The number of para-hydroxylation sites is 2. The molecule has 3 rings (SSSR count). The average molecular weight is 382 g/mol. The molecule has 2 aromatic carbocycles. The molecule has 0 bridgehead atoms. The average Bonchev–Trinajstić information content (AvgIpc) is 3.10. The third-order valence-corrected chi connectivity index (χ3v) is 4.52. The first-order chi connectivity index (χ1) is 13.4. The predicted molar refractivity (Wildman–Crippen MR) is 109 cm³/mol. The number of oxazole rings is 1. The smallest absolute Gasteiger partial charge is 0.347 e. The van der Waals surface area contributed by atoms with Gasteiger partial charge in [0.2, 0.25) is 0 Å². The van der Waals surface area contributed by atoms with Crippen molar-refractivity contribution >= 4 is 23.1 Å². The summed E-state index contributed by atoms with van der Waals surface area (Å²) in [6, 6.07) is 15.8. The Morgan fingerprint density at radius 3 is 2.54 bits per heavy atom. The van der Waals surface area contributed by atoms with Gasteiger partial charge in [-0.15, -0.1) is 0 Å². The molecule has 0 unspecified atom stereocenters. The number of hydrogen-bond acceptors (Lipinski definition) is 5. The zero-order chi connectivity index (χ0) is 20.1. The standard InChI is InChI=1S/C22H26N2O4/c1-4-5-14-24(21-23-18-8-6-7-9-19(18)27-21)15-16-10-12-17(13-11-16)28-22(2,3)20(25)26/h6-13H,4-5,14-15H2,1-3H3,(H,25,26). The van der Waals surface area contributed by atoms with Crippen LogP contribution >= 0.6 is 0 Å². The highest BCUT2D eigenvalue weighted by atomic mass is 16.5. The van der Waals surface area contributed by atoms with E-state index in [0.29, 0.717) is 18.3 Å². The van der Waals surface area contributed by atoms with E-state index in [1.807, 2.05) is 36.4 Å². The summed E-state index contributed by atoms with van der Waals surface area (Å²) in [5, 5.41) is 9.20. The number of hydrogen-bond donors (Lipinski definition) is 1. The highest BCUT2D eigenvalue weighted by Gasteiger charge is 2.29. The largest absolute Gasteiger partial charge is 0.478 e. The van der Waals surface area contributed by atoms with Crippen LogP contribution in [0.2, 0.25) is 0 Å². The molecule has 148 valence electrons. The van der Waals surface area contributed by atoms with Crippen molar-refractivity contribution in [1.29, 1.82) is 0 Å². The molecule has 0 saturated heterocycles. The number of aliphatic carboxylic acids is 1. The Balaban J connectivity index is 1.76. The van der Waals surface area contributed by atoms with Crippen molar-refractivity contribution in [3.05, 3.63) is 54.1 Å². The molecule has 3 aromatic rings. The second kappa shape index (κ2) is 8.33. The lowest BCUT2D eigenvalue weighted by molar-refractivity contribution is -0.152. The molecule has 0 radical (unpaired) electrons. The molecule has 0 aliphatic heterocycles. The Morgan fingerprint density at radius 1 is 1.18 bits per heavy atom. The van der Waals surface area contributed by atoms with Crippen LogP contribution < -0.4 is 9.64 Å². The van der Waals surface area contributed by atoms with Crippen LogP contribution in [0.3, 0.4) is 0 Å². The van der Waals surface area contributed by atoms with Gasteiger partial charge in [-0.2, -0.15) is 4.98 Å². The maximum absolute atomic E-state index is 11.2. The van der Waals surface area contributed by atoms with E-state index in [1.165, 1.54) is 13.8 Å². The summed E-state index contributed by atoms with van der Waals surface area (Å²) in [4.78, 5) is 18.0. The number of rotatable bonds is 9. The van der Waals surface area contributed by atoms with Crippen molar-refractivity contribution in [2.24, 2.45) is 0 Å². The van der Waals surface area contributed by atoms with E-state index in [9.17, 15) is 9.90 Å². The van der Waals surface area contributed by atoms with Gasteiger partial charge in [-0.05, 0) is 50.1 Å². The summed E-state index contributed by atoms with van der Waals surface area (Å²) in [5.41, 5.74) is 1.42. The van der Waals surface area contributed by atoms with Crippen LogP contribution in [0.15, 0.2) is 52.9 Å². The minimum atomic E-state index is -1.27. The number of fused-ring (bicyclic) bond motifs is 1. The summed E-state index contributed by atoms with van der Waals surface area (Å²) >= 11 is 0. The highest BCUT2D eigenvalue weighted by molar-refractivity contribution is 5.76. The predicted octanol–water partition coefficient (Wildman–Crippen LogP) is 4.88. The van der Waals surface area contributed by atoms with Crippen molar-refractivity contribution in [2.45, 2.75) is 45.8 Å². The quantitative estimate of drug-likeness (QED) is 0.569. The van der Waals surface area contributed by atoms with Crippen LogP contribution in [0.1, 0.15) is 39.2 Å². The number of aromatic nitrogens is 1. The van der Waals surface area contributed by atoms with Gasteiger partial charge in [0.05, 0.1) is 0 Å². The fourth-order valence-electron chi connectivity index (χ4n) is 2.81. The minimum absolute atomic E-state index is 0.526.